The topological polar surface area (TPSA) is 83.8 Å². The molecule has 2 saturated carbocycles. The summed E-state index contributed by atoms with van der Waals surface area (Å²) in [7, 11) is 1.40. The second-order valence-corrected chi connectivity index (χ2v) is 8.33. The normalized spacial score (nSPS) is 31.9. The van der Waals surface area contributed by atoms with Crippen LogP contribution in [0.25, 0.3) is 0 Å². The average molecular weight is 381 g/mol. The monoisotopic (exact) mass is 380 g/mol. The minimum atomic E-state index is -0.630. The van der Waals surface area contributed by atoms with E-state index in [1.807, 2.05) is 12.2 Å². The maximum absolute atomic E-state index is 12.3. The number of ketones is 1. The molecule has 0 saturated heterocycles. The van der Waals surface area contributed by atoms with Gasteiger partial charge in [0, 0.05) is 24.7 Å². The molecule has 0 aliphatic heterocycles. The van der Waals surface area contributed by atoms with Crippen molar-refractivity contribution in [3.63, 3.8) is 0 Å². The van der Waals surface area contributed by atoms with E-state index in [1.54, 1.807) is 0 Å². The van der Waals surface area contributed by atoms with Crippen molar-refractivity contribution in [1.82, 2.24) is 0 Å². The summed E-state index contributed by atoms with van der Waals surface area (Å²) in [4.78, 5) is 23.3. The summed E-state index contributed by atoms with van der Waals surface area (Å²) in [6.07, 6.45) is 11.0. The summed E-state index contributed by atoms with van der Waals surface area (Å²) in [5.41, 5.74) is 0. The predicted molar refractivity (Wildman–Crippen MR) is 104 cm³/mol. The highest BCUT2D eigenvalue weighted by Crippen LogP contribution is 2.39. The average Bonchev–Trinajstić information content (AvgIpc) is 2.87. The molecule has 0 spiro atoms. The number of aliphatic hydroxyl groups excluding tert-OH is 2. The fourth-order valence-electron chi connectivity index (χ4n) is 4.48. The Labute approximate surface area is 163 Å². The fraction of sp³-hybridized carbons (Fsp3) is 0.818. The van der Waals surface area contributed by atoms with Crippen molar-refractivity contribution < 1.29 is 24.5 Å². The maximum Gasteiger partial charge on any atom is 0.305 e. The van der Waals surface area contributed by atoms with Crippen LogP contribution in [0.5, 0.6) is 0 Å². The Morgan fingerprint density at radius 1 is 1.26 bits per heavy atom. The van der Waals surface area contributed by atoms with Gasteiger partial charge in [0.15, 0.2) is 0 Å². The molecule has 0 aromatic rings. The molecule has 5 heteroatoms. The van der Waals surface area contributed by atoms with Crippen LogP contribution in [-0.4, -0.2) is 41.3 Å². The Balaban J connectivity index is 1.74. The molecule has 2 N–H and O–H groups in total. The van der Waals surface area contributed by atoms with Gasteiger partial charge in [0.05, 0.1) is 19.3 Å². The van der Waals surface area contributed by atoms with Crippen LogP contribution in [0.1, 0.15) is 71.1 Å². The SMILES string of the molecule is CCC1CC([C@H](O)C=C[C@H]2[C@H](O)CC(=O)[C@@H]2CCCCCCC(=O)OC)C1. The van der Waals surface area contributed by atoms with Gasteiger partial charge in [0.25, 0.3) is 0 Å². The van der Waals surface area contributed by atoms with Gasteiger partial charge in [0.2, 0.25) is 0 Å². The number of aliphatic hydroxyl groups is 2. The zero-order chi connectivity index (χ0) is 19.8. The summed E-state index contributed by atoms with van der Waals surface area (Å²) < 4.78 is 4.63. The van der Waals surface area contributed by atoms with Crippen molar-refractivity contribution in [2.75, 3.05) is 7.11 Å². The van der Waals surface area contributed by atoms with E-state index in [1.165, 1.54) is 13.5 Å². The maximum atomic E-state index is 12.3. The van der Waals surface area contributed by atoms with Crippen LogP contribution in [-0.2, 0) is 14.3 Å². The standard InChI is InChI=1S/C22H36O5/c1-3-15-12-16(13-15)19(23)11-10-18-17(20(24)14-21(18)25)8-6-4-5-7-9-22(26)27-2/h10-11,15-19,21,23,25H,3-9,12-14H2,1-2H3/t15?,16?,17-,18-,19-,21-/m1/s1. The van der Waals surface area contributed by atoms with Gasteiger partial charge < -0.3 is 14.9 Å². The minimum absolute atomic E-state index is 0.135. The third-order valence-corrected chi connectivity index (χ3v) is 6.47. The van der Waals surface area contributed by atoms with Crippen LogP contribution in [0.4, 0.5) is 0 Å². The summed E-state index contributed by atoms with van der Waals surface area (Å²) in [5, 5.41) is 20.6. The van der Waals surface area contributed by atoms with E-state index in [2.05, 4.69) is 11.7 Å². The molecule has 2 fully saturated rings. The zero-order valence-electron chi connectivity index (χ0n) is 16.8. The molecule has 2 rings (SSSR count). The number of methoxy groups -OCH3 is 1. The van der Waals surface area contributed by atoms with E-state index < -0.39 is 12.2 Å². The molecular formula is C22H36O5. The Morgan fingerprint density at radius 3 is 2.63 bits per heavy atom. The van der Waals surface area contributed by atoms with E-state index >= 15 is 0 Å². The van der Waals surface area contributed by atoms with E-state index in [9.17, 15) is 19.8 Å². The van der Waals surface area contributed by atoms with E-state index in [-0.39, 0.29) is 30.0 Å². The molecule has 0 aromatic heterocycles. The number of hydrogen-bond acceptors (Lipinski definition) is 5. The molecule has 5 nitrogen and oxygen atoms in total. The van der Waals surface area contributed by atoms with Crippen molar-refractivity contribution in [2.24, 2.45) is 23.7 Å². The van der Waals surface area contributed by atoms with Crippen LogP contribution in [0.3, 0.4) is 0 Å². The summed E-state index contributed by atoms with van der Waals surface area (Å²) in [6, 6.07) is 0. The van der Waals surface area contributed by atoms with Gasteiger partial charge in [0.1, 0.15) is 5.78 Å². The first kappa shape index (κ1) is 22.1. The van der Waals surface area contributed by atoms with Crippen LogP contribution in [0.2, 0.25) is 0 Å². The van der Waals surface area contributed by atoms with Crippen LogP contribution in [0, 0.1) is 23.7 Å². The molecule has 0 amide bonds. The van der Waals surface area contributed by atoms with Crippen LogP contribution >= 0.6 is 0 Å². The molecule has 0 heterocycles. The van der Waals surface area contributed by atoms with E-state index in [0.717, 1.165) is 50.9 Å². The van der Waals surface area contributed by atoms with Crippen molar-refractivity contribution in [2.45, 2.75) is 83.3 Å². The van der Waals surface area contributed by atoms with Crippen LogP contribution < -0.4 is 0 Å². The smallest absolute Gasteiger partial charge is 0.305 e. The van der Waals surface area contributed by atoms with Gasteiger partial charge in [-0.15, -0.1) is 0 Å². The first-order valence-electron chi connectivity index (χ1n) is 10.6. The highest BCUT2D eigenvalue weighted by Gasteiger charge is 2.40. The van der Waals surface area contributed by atoms with Crippen molar-refractivity contribution in [1.29, 1.82) is 0 Å². The molecule has 0 bridgehead atoms. The second-order valence-electron chi connectivity index (χ2n) is 8.33. The first-order chi connectivity index (χ1) is 13.0. The Bertz CT molecular complexity index is 509. The molecule has 0 unspecified atom stereocenters. The Morgan fingerprint density at radius 2 is 1.96 bits per heavy atom. The third kappa shape index (κ3) is 6.42. The fourth-order valence-corrected chi connectivity index (χ4v) is 4.48. The van der Waals surface area contributed by atoms with Crippen molar-refractivity contribution >= 4 is 11.8 Å². The van der Waals surface area contributed by atoms with E-state index in [0.29, 0.717) is 12.3 Å². The largest absolute Gasteiger partial charge is 0.469 e. The quantitative estimate of drug-likeness (QED) is 0.326. The summed E-state index contributed by atoms with van der Waals surface area (Å²) in [5.74, 6) is 0.705. The molecular weight excluding hydrogens is 344 g/mol. The molecule has 154 valence electrons. The molecule has 27 heavy (non-hydrogen) atoms. The summed E-state index contributed by atoms with van der Waals surface area (Å²) in [6.45, 7) is 2.18. The van der Waals surface area contributed by atoms with Crippen molar-refractivity contribution in [3.8, 4) is 0 Å². The van der Waals surface area contributed by atoms with Gasteiger partial charge in [-0.3, -0.25) is 9.59 Å². The molecule has 0 radical (unpaired) electrons. The molecule has 0 aromatic carbocycles. The van der Waals surface area contributed by atoms with Crippen molar-refractivity contribution in [3.05, 3.63) is 12.2 Å². The number of Topliss-reactive ketones (excluding diaryl/α,β-unsaturated/α-hetero) is 1. The number of rotatable bonds is 11. The lowest BCUT2D eigenvalue weighted by Gasteiger charge is -2.37. The third-order valence-electron chi connectivity index (χ3n) is 6.47. The lowest BCUT2D eigenvalue weighted by molar-refractivity contribution is -0.140. The molecule has 2 aliphatic rings. The predicted octanol–water partition coefficient (Wildman–Crippen LogP) is 3.42. The number of carbonyl (C=O) groups excluding carboxylic acids is 2. The number of unbranched alkanes of at least 4 members (excludes halogenated alkanes) is 3. The van der Waals surface area contributed by atoms with Gasteiger partial charge in [-0.05, 0) is 37.5 Å². The minimum Gasteiger partial charge on any atom is -0.469 e. The number of carbonyl (C=O) groups is 2. The van der Waals surface area contributed by atoms with Crippen LogP contribution in [0.15, 0.2) is 12.2 Å². The molecule has 2 aliphatic carbocycles. The zero-order valence-corrected chi connectivity index (χ0v) is 16.8. The van der Waals surface area contributed by atoms with Gasteiger partial charge in [-0.1, -0.05) is 44.8 Å². The highest BCUT2D eigenvalue weighted by molar-refractivity contribution is 5.84. The Hall–Kier alpha value is -1.20. The number of esters is 1. The van der Waals surface area contributed by atoms with Gasteiger partial charge >= 0.3 is 5.97 Å². The Kier molecular flexibility index (Phi) is 8.97. The number of ether oxygens (including phenoxy) is 1. The van der Waals surface area contributed by atoms with Gasteiger partial charge in [-0.2, -0.15) is 0 Å². The lowest BCUT2D eigenvalue weighted by Crippen LogP contribution is -2.32. The number of hydrogen-bond donors (Lipinski definition) is 2. The molecule has 4 atom stereocenters. The summed E-state index contributed by atoms with van der Waals surface area (Å²) >= 11 is 0. The lowest BCUT2D eigenvalue weighted by atomic mass is 9.70. The van der Waals surface area contributed by atoms with E-state index in [4.69, 9.17) is 0 Å². The van der Waals surface area contributed by atoms with Gasteiger partial charge in [-0.25, -0.2) is 0 Å². The second kappa shape index (κ2) is 11.0. The highest BCUT2D eigenvalue weighted by atomic mass is 16.5. The first-order valence-corrected chi connectivity index (χ1v) is 10.6.